The molecule has 0 saturated carbocycles. The Balaban J connectivity index is 3.13. The van der Waals surface area contributed by atoms with E-state index in [-0.39, 0.29) is 5.56 Å². The molecule has 0 unspecified atom stereocenters. The smallest absolute Gasteiger partial charge is 0.343 e. The van der Waals surface area contributed by atoms with Crippen LogP contribution in [0.4, 0.5) is 0 Å². The van der Waals surface area contributed by atoms with Crippen molar-refractivity contribution in [1.29, 1.82) is 0 Å². The fourth-order valence-electron chi connectivity index (χ4n) is 0.743. The second kappa shape index (κ2) is 3.17. The molecule has 1 aromatic heterocycles. The van der Waals surface area contributed by atoms with Crippen LogP contribution in [0.2, 0.25) is 0 Å². The van der Waals surface area contributed by atoms with E-state index >= 15 is 0 Å². The Kier molecular flexibility index (Phi) is 2.23. The summed E-state index contributed by atoms with van der Waals surface area (Å²) < 4.78 is 4.41. The number of aromatic hydroxyl groups is 1. The van der Waals surface area contributed by atoms with E-state index in [1.54, 1.807) is 6.92 Å². The van der Waals surface area contributed by atoms with Gasteiger partial charge in [-0.25, -0.2) is 4.79 Å². The molecule has 5 heteroatoms. The lowest BCUT2D eigenvalue weighted by molar-refractivity contribution is 0.0596. The van der Waals surface area contributed by atoms with Gasteiger partial charge in [-0.3, -0.25) is 0 Å². The molecule has 5 nitrogen and oxygen atoms in total. The molecular weight excluding hydrogens is 160 g/mol. The SMILES string of the molecule is COC(=O)c1cc(C)nnc1O. The zero-order valence-electron chi connectivity index (χ0n) is 6.74. The Morgan fingerprint density at radius 1 is 1.58 bits per heavy atom. The number of carbonyl (C=O) groups is 1. The van der Waals surface area contributed by atoms with Gasteiger partial charge >= 0.3 is 5.97 Å². The average molecular weight is 168 g/mol. The number of hydrogen-bond acceptors (Lipinski definition) is 5. The topological polar surface area (TPSA) is 72.3 Å². The number of aryl methyl sites for hydroxylation is 1. The molecule has 0 saturated heterocycles. The van der Waals surface area contributed by atoms with Crippen molar-refractivity contribution < 1.29 is 14.6 Å². The number of rotatable bonds is 1. The van der Waals surface area contributed by atoms with Gasteiger partial charge in [0.25, 0.3) is 0 Å². The third-order valence-electron chi connectivity index (χ3n) is 1.30. The van der Waals surface area contributed by atoms with Crippen LogP contribution in [0.25, 0.3) is 0 Å². The zero-order valence-corrected chi connectivity index (χ0v) is 6.74. The van der Waals surface area contributed by atoms with Crippen LogP contribution in [0.5, 0.6) is 5.88 Å². The first-order valence-corrected chi connectivity index (χ1v) is 3.26. The third kappa shape index (κ3) is 1.50. The maximum Gasteiger partial charge on any atom is 0.343 e. The highest BCUT2D eigenvalue weighted by Crippen LogP contribution is 2.13. The minimum absolute atomic E-state index is 0.0324. The largest absolute Gasteiger partial charge is 0.492 e. The fraction of sp³-hybridized carbons (Fsp3) is 0.286. The molecule has 1 N–H and O–H groups in total. The molecule has 0 fully saturated rings. The molecule has 0 bridgehead atoms. The second-order valence-corrected chi connectivity index (χ2v) is 2.21. The van der Waals surface area contributed by atoms with Gasteiger partial charge in [0.05, 0.1) is 12.8 Å². The molecule has 12 heavy (non-hydrogen) atoms. The standard InChI is InChI=1S/C7H8N2O3/c1-4-3-5(7(11)12-2)6(10)9-8-4/h3H,1-2H3,(H,9,10). The summed E-state index contributed by atoms with van der Waals surface area (Å²) in [6.07, 6.45) is 0. The summed E-state index contributed by atoms with van der Waals surface area (Å²) in [7, 11) is 1.23. The Morgan fingerprint density at radius 3 is 2.83 bits per heavy atom. The molecule has 0 atom stereocenters. The van der Waals surface area contributed by atoms with Crippen LogP contribution in [0.1, 0.15) is 16.1 Å². The number of ether oxygens (including phenoxy) is 1. The van der Waals surface area contributed by atoms with Crippen molar-refractivity contribution in [1.82, 2.24) is 10.2 Å². The lowest BCUT2D eigenvalue weighted by atomic mass is 10.2. The highest BCUT2D eigenvalue weighted by molar-refractivity contribution is 5.91. The highest BCUT2D eigenvalue weighted by Gasteiger charge is 2.12. The van der Waals surface area contributed by atoms with Crippen molar-refractivity contribution >= 4 is 5.97 Å². The number of methoxy groups -OCH3 is 1. The Labute approximate surface area is 69.0 Å². The van der Waals surface area contributed by atoms with E-state index in [1.807, 2.05) is 0 Å². The summed E-state index contributed by atoms with van der Waals surface area (Å²) >= 11 is 0. The van der Waals surface area contributed by atoms with Crippen molar-refractivity contribution in [2.45, 2.75) is 6.92 Å². The molecule has 1 aromatic rings. The van der Waals surface area contributed by atoms with Gasteiger partial charge in [-0.15, -0.1) is 5.10 Å². The van der Waals surface area contributed by atoms with Crippen molar-refractivity contribution in [3.05, 3.63) is 17.3 Å². The molecule has 64 valence electrons. The average Bonchev–Trinajstić information content (AvgIpc) is 2.08. The van der Waals surface area contributed by atoms with Crippen LogP contribution in [-0.4, -0.2) is 28.4 Å². The van der Waals surface area contributed by atoms with E-state index < -0.39 is 11.8 Å². The minimum Gasteiger partial charge on any atom is -0.492 e. The molecule has 0 radical (unpaired) electrons. The van der Waals surface area contributed by atoms with Gasteiger partial charge in [0.2, 0.25) is 5.88 Å². The van der Waals surface area contributed by atoms with Crippen LogP contribution >= 0.6 is 0 Å². The predicted molar refractivity (Wildman–Crippen MR) is 39.8 cm³/mol. The van der Waals surface area contributed by atoms with Gasteiger partial charge in [0, 0.05) is 0 Å². The maximum atomic E-state index is 10.9. The van der Waals surface area contributed by atoms with Gasteiger partial charge in [-0.1, -0.05) is 0 Å². The van der Waals surface area contributed by atoms with Crippen molar-refractivity contribution in [3.63, 3.8) is 0 Å². The highest BCUT2D eigenvalue weighted by atomic mass is 16.5. The summed E-state index contributed by atoms with van der Waals surface area (Å²) in [6, 6.07) is 1.41. The van der Waals surface area contributed by atoms with E-state index in [0.29, 0.717) is 5.69 Å². The van der Waals surface area contributed by atoms with E-state index in [9.17, 15) is 4.79 Å². The van der Waals surface area contributed by atoms with Gasteiger partial charge in [-0.05, 0) is 13.0 Å². The number of aromatic nitrogens is 2. The van der Waals surface area contributed by atoms with Crippen LogP contribution < -0.4 is 0 Å². The van der Waals surface area contributed by atoms with E-state index in [2.05, 4.69) is 14.9 Å². The molecular formula is C7H8N2O3. The zero-order chi connectivity index (χ0) is 9.14. The van der Waals surface area contributed by atoms with Gasteiger partial charge in [0.1, 0.15) is 5.56 Å². The molecule has 1 heterocycles. The van der Waals surface area contributed by atoms with Crippen LogP contribution in [0.3, 0.4) is 0 Å². The number of esters is 1. The first kappa shape index (κ1) is 8.45. The first-order valence-electron chi connectivity index (χ1n) is 3.26. The van der Waals surface area contributed by atoms with Gasteiger partial charge < -0.3 is 9.84 Å². The summed E-state index contributed by atoms with van der Waals surface area (Å²) in [5.41, 5.74) is 0.582. The molecule has 0 aliphatic carbocycles. The van der Waals surface area contributed by atoms with Crippen LogP contribution in [-0.2, 0) is 4.74 Å². The Morgan fingerprint density at radius 2 is 2.25 bits per heavy atom. The monoisotopic (exact) mass is 168 g/mol. The van der Waals surface area contributed by atoms with Crippen LogP contribution in [0, 0.1) is 6.92 Å². The predicted octanol–water partition coefficient (Wildman–Crippen LogP) is 0.277. The summed E-state index contributed by atoms with van der Waals surface area (Å²) in [6.45, 7) is 1.67. The number of nitrogens with zero attached hydrogens (tertiary/aromatic N) is 2. The normalized spacial score (nSPS) is 9.50. The molecule has 0 amide bonds. The third-order valence-corrected chi connectivity index (χ3v) is 1.30. The van der Waals surface area contributed by atoms with Gasteiger partial charge in [-0.2, -0.15) is 5.10 Å². The van der Waals surface area contributed by atoms with E-state index in [0.717, 1.165) is 0 Å². The first-order chi connectivity index (χ1) is 5.65. The minimum atomic E-state index is -0.620. The number of hydrogen-bond donors (Lipinski definition) is 1. The van der Waals surface area contributed by atoms with Crippen molar-refractivity contribution in [2.24, 2.45) is 0 Å². The quantitative estimate of drug-likeness (QED) is 0.609. The second-order valence-electron chi connectivity index (χ2n) is 2.21. The summed E-state index contributed by atoms with van der Waals surface area (Å²) in [5, 5.41) is 16.0. The summed E-state index contributed by atoms with van der Waals surface area (Å²) in [5.74, 6) is -1.03. The van der Waals surface area contributed by atoms with Crippen molar-refractivity contribution in [3.8, 4) is 5.88 Å². The molecule has 0 spiro atoms. The number of carbonyl (C=O) groups excluding carboxylic acids is 1. The maximum absolute atomic E-state index is 10.9. The van der Waals surface area contributed by atoms with E-state index in [4.69, 9.17) is 5.11 Å². The molecule has 1 rings (SSSR count). The lowest BCUT2D eigenvalue weighted by Gasteiger charge is -2.00. The summed E-state index contributed by atoms with van der Waals surface area (Å²) in [4.78, 5) is 10.9. The van der Waals surface area contributed by atoms with Crippen LogP contribution in [0.15, 0.2) is 6.07 Å². The molecule has 0 aliphatic heterocycles. The fourth-order valence-corrected chi connectivity index (χ4v) is 0.743. The Bertz CT molecular complexity index is 312. The molecule has 0 aliphatic rings. The molecule has 0 aromatic carbocycles. The lowest BCUT2D eigenvalue weighted by Crippen LogP contribution is -2.04. The van der Waals surface area contributed by atoms with Gasteiger partial charge in [0.15, 0.2) is 0 Å². The van der Waals surface area contributed by atoms with Crippen molar-refractivity contribution in [2.75, 3.05) is 7.11 Å². The Hall–Kier alpha value is -1.65. The van der Waals surface area contributed by atoms with E-state index in [1.165, 1.54) is 13.2 Å².